The summed E-state index contributed by atoms with van der Waals surface area (Å²) in [6.45, 7) is 2.51. The van der Waals surface area contributed by atoms with E-state index in [0.29, 0.717) is 29.2 Å². The van der Waals surface area contributed by atoms with Gasteiger partial charge in [0, 0.05) is 13.0 Å². The summed E-state index contributed by atoms with van der Waals surface area (Å²) in [5.41, 5.74) is 1.05. The molecule has 3 amide bonds. The van der Waals surface area contributed by atoms with Gasteiger partial charge in [0.15, 0.2) is 0 Å². The van der Waals surface area contributed by atoms with Crippen LogP contribution < -0.4 is 5.32 Å². The van der Waals surface area contributed by atoms with Gasteiger partial charge in [-0.3, -0.25) is 19.3 Å². The number of carbonyl (C=O) groups is 3. The Morgan fingerprint density at radius 2 is 1.48 bits per heavy atom. The number of anilines is 1. The average molecular weight is 443 g/mol. The lowest BCUT2D eigenvalue weighted by Gasteiger charge is -2.13. The minimum atomic E-state index is -0.165. The summed E-state index contributed by atoms with van der Waals surface area (Å²) in [5.74, 6) is -0.324. The van der Waals surface area contributed by atoms with Crippen LogP contribution in [0.4, 0.5) is 5.13 Å². The number of imide groups is 1. The highest BCUT2D eigenvalue weighted by molar-refractivity contribution is 7.15. The number of carbonyl (C=O) groups excluding carboxylic acids is 3. The van der Waals surface area contributed by atoms with Crippen LogP contribution in [0.2, 0.25) is 0 Å². The molecule has 1 aliphatic rings. The smallest absolute Gasteiger partial charge is 0.261 e. The van der Waals surface area contributed by atoms with Gasteiger partial charge >= 0.3 is 0 Å². The molecule has 1 aromatic carbocycles. The summed E-state index contributed by atoms with van der Waals surface area (Å²) in [4.78, 5) is 37.9. The lowest BCUT2D eigenvalue weighted by molar-refractivity contribution is -0.116. The molecule has 2 aromatic rings. The first-order chi connectivity index (χ1) is 15.1. The van der Waals surface area contributed by atoms with Crippen molar-refractivity contribution in [3.8, 4) is 0 Å². The molecule has 7 nitrogen and oxygen atoms in total. The van der Waals surface area contributed by atoms with E-state index in [9.17, 15) is 14.4 Å². The van der Waals surface area contributed by atoms with Crippen molar-refractivity contribution in [2.75, 3.05) is 11.9 Å². The molecule has 1 N–H and O–H groups in total. The van der Waals surface area contributed by atoms with Crippen LogP contribution in [-0.2, 0) is 11.2 Å². The maximum atomic E-state index is 12.3. The molecular formula is C23H30N4O3S. The Morgan fingerprint density at radius 3 is 2.06 bits per heavy atom. The third-order valence-corrected chi connectivity index (χ3v) is 6.41. The number of hydrogen-bond donors (Lipinski definition) is 1. The zero-order chi connectivity index (χ0) is 22.1. The standard InChI is InChI=1S/C23H30N4O3S/c1-2-20-25-26-23(31-20)24-19(28)15-9-7-5-3-4-6-8-12-16-27-21(29)17-13-10-11-14-18(17)22(27)30/h10-11,13-14H,2-9,12,15-16H2,1H3,(H,24,26,28). The number of rotatable bonds is 13. The predicted octanol–water partition coefficient (Wildman–Crippen LogP) is 4.85. The summed E-state index contributed by atoms with van der Waals surface area (Å²) >= 11 is 1.43. The lowest BCUT2D eigenvalue weighted by atomic mass is 10.1. The fourth-order valence-electron chi connectivity index (χ4n) is 3.69. The summed E-state index contributed by atoms with van der Waals surface area (Å²) in [7, 11) is 0. The van der Waals surface area contributed by atoms with Gasteiger partial charge in [-0.25, -0.2) is 0 Å². The molecule has 31 heavy (non-hydrogen) atoms. The topological polar surface area (TPSA) is 92.3 Å². The minimum absolute atomic E-state index is 0.00645. The van der Waals surface area contributed by atoms with E-state index in [2.05, 4.69) is 15.5 Å². The third-order valence-electron chi connectivity index (χ3n) is 5.43. The van der Waals surface area contributed by atoms with Gasteiger partial charge < -0.3 is 5.32 Å². The van der Waals surface area contributed by atoms with Crippen molar-refractivity contribution in [2.45, 2.75) is 71.1 Å². The Bertz CT molecular complexity index is 877. The van der Waals surface area contributed by atoms with Crippen molar-refractivity contribution in [2.24, 2.45) is 0 Å². The number of amides is 3. The van der Waals surface area contributed by atoms with Crippen LogP contribution in [0.25, 0.3) is 0 Å². The zero-order valence-corrected chi connectivity index (χ0v) is 18.9. The van der Waals surface area contributed by atoms with Crippen LogP contribution in [0.5, 0.6) is 0 Å². The van der Waals surface area contributed by atoms with Crippen molar-refractivity contribution in [1.29, 1.82) is 0 Å². The molecule has 1 aromatic heterocycles. The molecule has 0 atom stereocenters. The van der Waals surface area contributed by atoms with E-state index >= 15 is 0 Å². The first-order valence-corrected chi connectivity index (χ1v) is 12.0. The van der Waals surface area contributed by atoms with E-state index in [0.717, 1.165) is 62.8 Å². The summed E-state index contributed by atoms with van der Waals surface area (Å²) in [5, 5.41) is 12.3. The van der Waals surface area contributed by atoms with Gasteiger partial charge in [0.05, 0.1) is 11.1 Å². The van der Waals surface area contributed by atoms with Gasteiger partial charge in [-0.15, -0.1) is 10.2 Å². The number of fused-ring (bicyclic) bond motifs is 1. The highest BCUT2D eigenvalue weighted by atomic mass is 32.1. The summed E-state index contributed by atoms with van der Waals surface area (Å²) in [6, 6.07) is 7.02. The van der Waals surface area contributed by atoms with Crippen molar-refractivity contribution >= 4 is 34.2 Å². The molecule has 2 heterocycles. The quantitative estimate of drug-likeness (QED) is 0.354. The van der Waals surface area contributed by atoms with Crippen molar-refractivity contribution in [3.63, 3.8) is 0 Å². The summed E-state index contributed by atoms with van der Waals surface area (Å²) in [6.07, 6.45) is 9.62. The minimum Gasteiger partial charge on any atom is -0.301 e. The van der Waals surface area contributed by atoms with Gasteiger partial charge in [0.25, 0.3) is 11.8 Å². The van der Waals surface area contributed by atoms with Gasteiger partial charge in [0.2, 0.25) is 11.0 Å². The maximum Gasteiger partial charge on any atom is 0.261 e. The molecule has 0 unspecified atom stereocenters. The number of nitrogens with one attached hydrogen (secondary N) is 1. The molecule has 0 radical (unpaired) electrons. The molecule has 0 saturated heterocycles. The third kappa shape index (κ3) is 6.43. The Kier molecular flexibility index (Phi) is 8.70. The number of nitrogens with zero attached hydrogens (tertiary/aromatic N) is 3. The van der Waals surface area contributed by atoms with Crippen molar-refractivity contribution in [3.05, 3.63) is 40.4 Å². The Morgan fingerprint density at radius 1 is 0.903 bits per heavy atom. The Labute approximate surface area is 187 Å². The van der Waals surface area contributed by atoms with Crippen LogP contribution in [0.15, 0.2) is 24.3 Å². The van der Waals surface area contributed by atoms with E-state index in [4.69, 9.17) is 0 Å². The predicted molar refractivity (Wildman–Crippen MR) is 121 cm³/mol. The second kappa shape index (κ2) is 11.7. The van der Waals surface area contributed by atoms with Crippen LogP contribution in [0.3, 0.4) is 0 Å². The highest BCUT2D eigenvalue weighted by Crippen LogP contribution is 2.23. The van der Waals surface area contributed by atoms with Gasteiger partial charge in [-0.2, -0.15) is 0 Å². The van der Waals surface area contributed by atoms with Crippen LogP contribution in [0, 0.1) is 0 Å². The molecule has 166 valence electrons. The fourth-order valence-corrected chi connectivity index (χ4v) is 4.38. The van der Waals surface area contributed by atoms with Gasteiger partial charge in [-0.05, 0) is 31.4 Å². The Hall–Kier alpha value is -2.61. The second-order valence-electron chi connectivity index (χ2n) is 7.79. The largest absolute Gasteiger partial charge is 0.301 e. The fraction of sp³-hybridized carbons (Fsp3) is 0.522. The molecule has 8 heteroatoms. The molecule has 0 spiro atoms. The van der Waals surface area contributed by atoms with E-state index in [-0.39, 0.29) is 17.7 Å². The molecule has 3 rings (SSSR count). The second-order valence-corrected chi connectivity index (χ2v) is 8.85. The number of unbranched alkanes of at least 4 members (excludes halogenated alkanes) is 7. The zero-order valence-electron chi connectivity index (χ0n) is 18.1. The first-order valence-electron chi connectivity index (χ1n) is 11.2. The normalized spacial score (nSPS) is 13.0. The van der Waals surface area contributed by atoms with Gasteiger partial charge in [0.1, 0.15) is 5.01 Å². The average Bonchev–Trinajstić information content (AvgIpc) is 3.33. The molecule has 1 aliphatic heterocycles. The Balaban J connectivity index is 1.18. The summed E-state index contributed by atoms with van der Waals surface area (Å²) < 4.78 is 0. The first kappa shape index (κ1) is 23.1. The highest BCUT2D eigenvalue weighted by Gasteiger charge is 2.34. The van der Waals surface area contributed by atoms with Gasteiger partial charge in [-0.1, -0.05) is 68.9 Å². The maximum absolute atomic E-state index is 12.3. The van der Waals surface area contributed by atoms with Crippen molar-refractivity contribution in [1.82, 2.24) is 15.1 Å². The number of hydrogen-bond acceptors (Lipinski definition) is 6. The monoisotopic (exact) mass is 442 g/mol. The number of aryl methyl sites for hydroxylation is 1. The lowest BCUT2D eigenvalue weighted by Crippen LogP contribution is -2.30. The SMILES string of the molecule is CCc1nnc(NC(=O)CCCCCCCCCCN2C(=O)c3ccccc3C2=O)s1. The molecule has 0 saturated carbocycles. The van der Waals surface area contributed by atoms with E-state index in [1.807, 2.05) is 6.92 Å². The van der Waals surface area contributed by atoms with E-state index in [1.54, 1.807) is 24.3 Å². The van der Waals surface area contributed by atoms with Crippen LogP contribution in [-0.4, -0.2) is 39.4 Å². The number of benzene rings is 1. The van der Waals surface area contributed by atoms with Crippen molar-refractivity contribution < 1.29 is 14.4 Å². The van der Waals surface area contributed by atoms with E-state index < -0.39 is 0 Å². The molecule has 0 aliphatic carbocycles. The molecule has 0 bridgehead atoms. The van der Waals surface area contributed by atoms with Crippen LogP contribution in [0.1, 0.15) is 90.4 Å². The molecular weight excluding hydrogens is 412 g/mol. The van der Waals surface area contributed by atoms with Crippen LogP contribution >= 0.6 is 11.3 Å². The van der Waals surface area contributed by atoms with E-state index in [1.165, 1.54) is 16.2 Å². The molecule has 0 fully saturated rings. The number of aromatic nitrogens is 2.